The van der Waals surface area contributed by atoms with Crippen molar-refractivity contribution in [2.45, 2.75) is 38.0 Å². The number of amides is 1. The molecule has 1 aromatic heterocycles. The quantitative estimate of drug-likeness (QED) is 0.387. The zero-order valence-corrected chi connectivity index (χ0v) is 18.5. The fourth-order valence-corrected chi connectivity index (χ4v) is 5.48. The van der Waals surface area contributed by atoms with E-state index in [9.17, 15) is 9.18 Å². The minimum Gasteiger partial charge on any atom is -0.398 e. The molecule has 1 saturated heterocycles. The highest BCUT2D eigenvalue weighted by atomic mass is 19.1. The summed E-state index contributed by atoms with van der Waals surface area (Å²) in [6.45, 7) is 1.41. The zero-order chi connectivity index (χ0) is 23.1. The predicted octanol–water partition coefficient (Wildman–Crippen LogP) is 4.30. The Kier molecular flexibility index (Phi) is 5.66. The Balaban J connectivity index is 1.71. The molecule has 0 atom stereocenters. The molecule has 5 rings (SSSR count). The van der Waals surface area contributed by atoms with Gasteiger partial charge in [0.15, 0.2) is 0 Å². The fourth-order valence-electron chi connectivity index (χ4n) is 5.48. The molecule has 0 bridgehead atoms. The third kappa shape index (κ3) is 3.91. The molecule has 2 fully saturated rings. The maximum Gasteiger partial charge on any atom is 0.220 e. The first-order chi connectivity index (χ1) is 16.0. The smallest absolute Gasteiger partial charge is 0.220 e. The molecule has 1 aliphatic heterocycles. The van der Waals surface area contributed by atoms with Crippen LogP contribution in [0.3, 0.4) is 0 Å². The maximum absolute atomic E-state index is 13.8. The van der Waals surface area contributed by atoms with E-state index in [4.69, 9.17) is 21.6 Å². The van der Waals surface area contributed by atoms with Gasteiger partial charge in [0.05, 0.1) is 5.52 Å². The largest absolute Gasteiger partial charge is 0.398 e. The van der Waals surface area contributed by atoms with Crippen LogP contribution in [-0.2, 0) is 16.0 Å². The van der Waals surface area contributed by atoms with Gasteiger partial charge in [0.2, 0.25) is 5.91 Å². The topological polar surface area (TPSA) is 107 Å². The number of anilines is 1. The second kappa shape index (κ2) is 8.63. The van der Waals surface area contributed by atoms with Crippen LogP contribution >= 0.6 is 0 Å². The van der Waals surface area contributed by atoms with Crippen LogP contribution in [0.1, 0.15) is 48.4 Å². The first-order valence-corrected chi connectivity index (χ1v) is 11.6. The number of primary amides is 1. The fraction of sp³-hybridized carbons (Fsp3) is 0.385. The lowest BCUT2D eigenvalue weighted by Crippen LogP contribution is -2.36. The second-order valence-electron chi connectivity index (χ2n) is 9.35. The van der Waals surface area contributed by atoms with Gasteiger partial charge in [-0.25, -0.2) is 4.39 Å². The van der Waals surface area contributed by atoms with Crippen molar-refractivity contribution in [2.24, 2.45) is 17.6 Å². The van der Waals surface area contributed by atoms with Gasteiger partial charge in [-0.05, 0) is 80.0 Å². The molecule has 2 aliphatic rings. The number of carbonyl (C=O) groups is 1. The summed E-state index contributed by atoms with van der Waals surface area (Å²) < 4.78 is 21.6. The molecule has 7 heteroatoms. The number of nitrogen functional groups attached to an aromatic ring is 1. The molecule has 0 spiro atoms. The molecule has 2 aromatic carbocycles. The van der Waals surface area contributed by atoms with Gasteiger partial charge >= 0.3 is 0 Å². The molecule has 33 heavy (non-hydrogen) atoms. The predicted molar refractivity (Wildman–Crippen MR) is 127 cm³/mol. The Hall–Kier alpha value is -3.19. The van der Waals surface area contributed by atoms with Crippen LogP contribution in [0.4, 0.5) is 10.1 Å². The van der Waals surface area contributed by atoms with E-state index in [2.05, 4.69) is 4.57 Å². The number of rotatable bonds is 6. The average molecular weight is 449 g/mol. The monoisotopic (exact) mass is 448 g/mol. The van der Waals surface area contributed by atoms with Crippen molar-refractivity contribution in [1.82, 2.24) is 4.57 Å². The molecule has 3 aromatic rings. The zero-order valence-electron chi connectivity index (χ0n) is 18.5. The van der Waals surface area contributed by atoms with Crippen molar-refractivity contribution in [3.8, 4) is 5.69 Å². The number of fused-ring (bicyclic) bond motifs is 1. The summed E-state index contributed by atoms with van der Waals surface area (Å²) in [6.07, 6.45) is 5.54. The van der Waals surface area contributed by atoms with E-state index < -0.39 is 0 Å². The SMILES string of the molecule is N=Cc1cc2c(cc1N)c(CC1CC(C(N)=O)C1)c(C1CCOCC1)n2-c1ccc(F)cc1. The molecule has 2 heterocycles. The number of carbonyl (C=O) groups excluding carboxylic acids is 1. The molecule has 0 unspecified atom stereocenters. The first-order valence-electron chi connectivity index (χ1n) is 11.6. The molecule has 172 valence electrons. The summed E-state index contributed by atoms with van der Waals surface area (Å²) in [4.78, 5) is 11.6. The van der Waals surface area contributed by atoms with E-state index >= 15 is 0 Å². The molecular formula is C26H29FN4O2. The van der Waals surface area contributed by atoms with Crippen LogP contribution in [0.2, 0.25) is 0 Å². The van der Waals surface area contributed by atoms with E-state index in [-0.39, 0.29) is 17.6 Å². The molecule has 5 N–H and O–H groups in total. The summed E-state index contributed by atoms with van der Waals surface area (Å²) in [5, 5.41) is 8.87. The van der Waals surface area contributed by atoms with Gasteiger partial charge < -0.3 is 26.2 Å². The van der Waals surface area contributed by atoms with E-state index in [0.717, 1.165) is 48.7 Å². The van der Waals surface area contributed by atoms with E-state index in [1.54, 1.807) is 12.1 Å². The number of nitrogens with two attached hydrogens (primary N) is 2. The molecular weight excluding hydrogens is 419 g/mol. The third-order valence-corrected chi connectivity index (χ3v) is 7.30. The number of benzene rings is 2. The van der Waals surface area contributed by atoms with E-state index in [1.807, 2.05) is 12.1 Å². The van der Waals surface area contributed by atoms with Crippen LogP contribution in [0, 0.1) is 23.1 Å². The number of hydrogen-bond acceptors (Lipinski definition) is 4. The van der Waals surface area contributed by atoms with Gasteiger partial charge in [0, 0.05) is 59.3 Å². The summed E-state index contributed by atoms with van der Waals surface area (Å²) in [6, 6.07) is 10.5. The Morgan fingerprint density at radius 3 is 2.52 bits per heavy atom. The van der Waals surface area contributed by atoms with Gasteiger partial charge in [0.1, 0.15) is 5.82 Å². The lowest BCUT2D eigenvalue weighted by atomic mass is 9.71. The summed E-state index contributed by atoms with van der Waals surface area (Å²) in [7, 11) is 0. The van der Waals surface area contributed by atoms with Crippen molar-refractivity contribution in [1.29, 1.82) is 5.41 Å². The molecule has 6 nitrogen and oxygen atoms in total. The highest BCUT2D eigenvalue weighted by molar-refractivity contribution is 5.97. The van der Waals surface area contributed by atoms with Gasteiger partial charge in [-0.15, -0.1) is 0 Å². The third-order valence-electron chi connectivity index (χ3n) is 7.30. The van der Waals surface area contributed by atoms with Crippen LogP contribution in [0.25, 0.3) is 16.6 Å². The summed E-state index contributed by atoms with van der Waals surface area (Å²) in [5.41, 5.74) is 17.3. The lowest BCUT2D eigenvalue weighted by molar-refractivity contribution is -0.125. The van der Waals surface area contributed by atoms with Crippen molar-refractivity contribution >= 4 is 28.7 Å². The Morgan fingerprint density at radius 1 is 1.18 bits per heavy atom. The lowest BCUT2D eigenvalue weighted by Gasteiger charge is -2.34. The number of nitrogens with one attached hydrogen (secondary N) is 1. The minimum atomic E-state index is -0.278. The molecule has 0 radical (unpaired) electrons. The molecule has 1 aliphatic carbocycles. The van der Waals surface area contributed by atoms with Crippen LogP contribution in [-0.4, -0.2) is 29.9 Å². The van der Waals surface area contributed by atoms with Gasteiger partial charge in [-0.3, -0.25) is 4.79 Å². The van der Waals surface area contributed by atoms with Crippen LogP contribution in [0.5, 0.6) is 0 Å². The highest BCUT2D eigenvalue weighted by Crippen LogP contribution is 2.44. The standard InChI is InChI=1S/C26H29FN4O2/c27-19-1-3-20(4-2-19)31-24-12-18(14-28)23(29)13-21(24)22(11-15-9-17(10-15)26(30)32)25(31)16-5-7-33-8-6-16/h1-4,12-17,28H,5-11,29H2,(H2,30,32). The summed E-state index contributed by atoms with van der Waals surface area (Å²) in [5.74, 6) is 0.144. The number of halogens is 1. The van der Waals surface area contributed by atoms with Crippen LogP contribution in [0.15, 0.2) is 36.4 Å². The van der Waals surface area contributed by atoms with Gasteiger partial charge in [-0.2, -0.15) is 0 Å². The van der Waals surface area contributed by atoms with E-state index in [1.165, 1.54) is 29.6 Å². The van der Waals surface area contributed by atoms with Crippen LogP contribution < -0.4 is 11.5 Å². The van der Waals surface area contributed by atoms with Gasteiger partial charge in [-0.1, -0.05) is 0 Å². The number of hydrogen-bond donors (Lipinski definition) is 3. The number of aromatic nitrogens is 1. The van der Waals surface area contributed by atoms with Crippen molar-refractivity contribution in [3.63, 3.8) is 0 Å². The van der Waals surface area contributed by atoms with Gasteiger partial charge in [0.25, 0.3) is 0 Å². The minimum absolute atomic E-state index is 0.0402. The first kappa shape index (κ1) is 21.6. The van der Waals surface area contributed by atoms with Crippen molar-refractivity contribution < 1.29 is 13.9 Å². The number of ether oxygens (including phenoxy) is 1. The number of nitrogens with zero attached hydrogens (tertiary/aromatic N) is 1. The van der Waals surface area contributed by atoms with Crippen molar-refractivity contribution in [3.05, 3.63) is 59.0 Å². The molecule has 1 amide bonds. The Morgan fingerprint density at radius 2 is 1.88 bits per heavy atom. The maximum atomic E-state index is 13.8. The normalized spacial score (nSPS) is 21.1. The average Bonchev–Trinajstić information content (AvgIpc) is 3.09. The Labute approximate surface area is 192 Å². The highest BCUT2D eigenvalue weighted by Gasteiger charge is 2.36. The second-order valence-corrected chi connectivity index (χ2v) is 9.35. The van der Waals surface area contributed by atoms with E-state index in [0.29, 0.717) is 36.3 Å². The van der Waals surface area contributed by atoms with Crippen molar-refractivity contribution in [2.75, 3.05) is 18.9 Å². The Bertz CT molecular complexity index is 1210. The summed E-state index contributed by atoms with van der Waals surface area (Å²) >= 11 is 0. The molecule has 1 saturated carbocycles.